The van der Waals surface area contributed by atoms with Gasteiger partial charge in [0.25, 0.3) is 5.88 Å². The Morgan fingerprint density at radius 3 is 2.64 bits per heavy atom. The van der Waals surface area contributed by atoms with E-state index >= 15 is 0 Å². The zero-order valence-electron chi connectivity index (χ0n) is 13.8. The van der Waals surface area contributed by atoms with Crippen LogP contribution in [0, 0.1) is 24.1 Å². The number of benzene rings is 1. The molecule has 0 saturated heterocycles. The van der Waals surface area contributed by atoms with Crippen LogP contribution in [0.2, 0.25) is 0 Å². The molecule has 3 heterocycles. The maximum absolute atomic E-state index is 14.3. The molecule has 4 aromatic rings. The van der Waals surface area contributed by atoms with Crippen molar-refractivity contribution in [3.05, 3.63) is 41.2 Å². The Morgan fingerprint density at radius 1 is 1.24 bits per heavy atom. The van der Waals surface area contributed by atoms with Gasteiger partial charge in [0.05, 0.1) is 18.1 Å². The van der Waals surface area contributed by atoms with Crippen molar-refractivity contribution in [2.75, 3.05) is 7.11 Å². The van der Waals surface area contributed by atoms with Crippen molar-refractivity contribution in [1.29, 1.82) is 5.26 Å². The van der Waals surface area contributed by atoms with Crippen molar-refractivity contribution >= 4 is 27.3 Å². The van der Waals surface area contributed by atoms with Gasteiger partial charge in [0.2, 0.25) is 5.88 Å². The molecule has 0 spiro atoms. The van der Waals surface area contributed by atoms with Crippen molar-refractivity contribution in [3.63, 3.8) is 0 Å². The molecule has 0 aliphatic heterocycles. The normalized spacial score (nSPS) is 11.4. The maximum Gasteiger partial charge on any atom is 0.268 e. The van der Waals surface area contributed by atoms with Crippen LogP contribution in [-0.2, 0) is 7.05 Å². The van der Waals surface area contributed by atoms with Crippen LogP contribution in [0.4, 0.5) is 4.39 Å². The van der Waals surface area contributed by atoms with Gasteiger partial charge in [-0.2, -0.15) is 5.26 Å². The van der Waals surface area contributed by atoms with Crippen molar-refractivity contribution in [3.8, 4) is 17.8 Å². The Labute approximate surface area is 141 Å². The molecule has 0 bridgehead atoms. The van der Waals surface area contributed by atoms with E-state index in [9.17, 15) is 14.9 Å². The number of nitriles is 1. The third kappa shape index (κ3) is 1.74. The topological polar surface area (TPSA) is 71.8 Å². The van der Waals surface area contributed by atoms with Gasteiger partial charge < -0.3 is 14.2 Å². The average Bonchev–Trinajstić information content (AvgIpc) is 3.08. The Kier molecular flexibility index (Phi) is 3.14. The van der Waals surface area contributed by atoms with E-state index in [1.165, 1.54) is 17.6 Å². The molecule has 0 unspecified atom stereocenters. The van der Waals surface area contributed by atoms with Gasteiger partial charge in [-0.25, -0.2) is 14.0 Å². The lowest BCUT2D eigenvalue weighted by molar-refractivity contribution is -0.141. The van der Waals surface area contributed by atoms with Crippen LogP contribution in [-0.4, -0.2) is 21.3 Å². The Balaban J connectivity index is 2.39. The van der Waals surface area contributed by atoms with Crippen LogP contribution in [0.5, 0.6) is 11.8 Å². The summed E-state index contributed by atoms with van der Waals surface area (Å²) in [6.45, 7) is 1.80. The molecule has 6 nitrogen and oxygen atoms in total. The molecule has 7 heteroatoms. The fourth-order valence-corrected chi connectivity index (χ4v) is 3.61. The Bertz CT molecular complexity index is 1210. The number of methoxy groups -OCH3 is 1. The SMILES string of the molecule is COc1c(C#N)c(C)cc2c3c4cccc(F)c4n(C)c3c(OO)n12. The molecule has 126 valence electrons. The van der Waals surface area contributed by atoms with Gasteiger partial charge in [0.1, 0.15) is 23.0 Å². The average molecular weight is 339 g/mol. The third-order valence-corrected chi connectivity index (χ3v) is 4.62. The highest BCUT2D eigenvalue weighted by atomic mass is 19.1. The minimum atomic E-state index is -0.365. The molecule has 1 aromatic carbocycles. The van der Waals surface area contributed by atoms with Gasteiger partial charge in [0.15, 0.2) is 0 Å². The highest BCUT2D eigenvalue weighted by Crippen LogP contribution is 2.43. The van der Waals surface area contributed by atoms with Crippen molar-refractivity contribution in [1.82, 2.24) is 8.97 Å². The number of aryl methyl sites for hydroxylation is 2. The zero-order chi connectivity index (χ0) is 17.9. The molecule has 1 N–H and O–H groups in total. The van der Waals surface area contributed by atoms with Crippen LogP contribution in [0.25, 0.3) is 27.3 Å². The van der Waals surface area contributed by atoms with Gasteiger partial charge in [-0.1, -0.05) is 12.1 Å². The third-order valence-electron chi connectivity index (χ3n) is 4.62. The number of halogens is 1. The molecule has 0 aliphatic carbocycles. The molecule has 4 rings (SSSR count). The molecular formula is C18H14FN3O3. The maximum atomic E-state index is 14.3. The van der Waals surface area contributed by atoms with Crippen molar-refractivity contribution in [2.45, 2.75) is 6.92 Å². The van der Waals surface area contributed by atoms with Crippen LogP contribution in [0.3, 0.4) is 0 Å². The summed E-state index contributed by atoms with van der Waals surface area (Å²) in [5.41, 5.74) is 2.63. The molecule has 25 heavy (non-hydrogen) atoms. The van der Waals surface area contributed by atoms with Crippen molar-refractivity contribution < 1.29 is 19.3 Å². The minimum Gasteiger partial charge on any atom is -0.481 e. The summed E-state index contributed by atoms with van der Waals surface area (Å²) >= 11 is 0. The number of fused-ring (bicyclic) bond motifs is 5. The molecule has 0 fully saturated rings. The fourth-order valence-electron chi connectivity index (χ4n) is 3.61. The first-order valence-corrected chi connectivity index (χ1v) is 7.55. The standard InChI is InChI=1S/C18H14FN3O3/c1-9-7-13-14-10-5-4-6-12(19)15(10)21(2)16(14)18(25-23)22(13)17(24-3)11(9)8-20/h4-7,23H,1-3H3. The zero-order valence-corrected chi connectivity index (χ0v) is 13.8. The second-order valence-electron chi connectivity index (χ2n) is 5.86. The molecular weight excluding hydrogens is 325 g/mol. The number of hydrogen-bond donors (Lipinski definition) is 1. The molecule has 0 atom stereocenters. The summed E-state index contributed by atoms with van der Waals surface area (Å²) in [5, 5.41) is 20.4. The van der Waals surface area contributed by atoms with E-state index in [4.69, 9.17) is 4.74 Å². The van der Waals surface area contributed by atoms with Gasteiger partial charge in [-0.15, -0.1) is 0 Å². The first-order valence-electron chi connectivity index (χ1n) is 7.55. The highest BCUT2D eigenvalue weighted by molar-refractivity contribution is 6.18. The van der Waals surface area contributed by atoms with E-state index in [0.29, 0.717) is 38.4 Å². The Morgan fingerprint density at radius 2 is 2.00 bits per heavy atom. The van der Waals surface area contributed by atoms with Crippen LogP contribution in [0.15, 0.2) is 24.3 Å². The number of para-hydroxylation sites is 1. The molecule has 0 amide bonds. The van der Waals surface area contributed by atoms with Crippen LogP contribution in [0.1, 0.15) is 11.1 Å². The second-order valence-corrected chi connectivity index (χ2v) is 5.86. The number of ether oxygens (including phenoxy) is 1. The summed E-state index contributed by atoms with van der Waals surface area (Å²) in [6, 6.07) is 8.73. The van der Waals surface area contributed by atoms with Crippen LogP contribution >= 0.6 is 0 Å². The lowest BCUT2D eigenvalue weighted by Crippen LogP contribution is -2.02. The first-order chi connectivity index (χ1) is 12.0. The van der Waals surface area contributed by atoms with Gasteiger partial charge >= 0.3 is 0 Å². The summed E-state index contributed by atoms with van der Waals surface area (Å²) in [5.74, 6) is -0.0469. The van der Waals surface area contributed by atoms with Gasteiger partial charge in [0, 0.05) is 17.8 Å². The molecule has 0 aliphatic rings. The van der Waals surface area contributed by atoms with Crippen LogP contribution < -0.4 is 9.62 Å². The summed E-state index contributed by atoms with van der Waals surface area (Å²) in [6.07, 6.45) is 0. The van der Waals surface area contributed by atoms with E-state index in [0.717, 1.165) is 0 Å². The number of hydrogen-bond acceptors (Lipinski definition) is 4. The monoisotopic (exact) mass is 339 g/mol. The lowest BCUT2D eigenvalue weighted by atomic mass is 10.1. The molecule has 0 saturated carbocycles. The van der Waals surface area contributed by atoms with E-state index in [1.807, 2.05) is 6.07 Å². The predicted molar refractivity (Wildman–Crippen MR) is 90.6 cm³/mol. The fraction of sp³-hybridized carbons (Fsp3) is 0.167. The van der Waals surface area contributed by atoms with E-state index in [-0.39, 0.29) is 17.6 Å². The van der Waals surface area contributed by atoms with E-state index in [2.05, 4.69) is 11.0 Å². The van der Waals surface area contributed by atoms with E-state index in [1.54, 1.807) is 30.7 Å². The van der Waals surface area contributed by atoms with E-state index < -0.39 is 0 Å². The largest absolute Gasteiger partial charge is 0.481 e. The molecule has 0 radical (unpaired) electrons. The number of pyridine rings is 1. The Hall–Kier alpha value is -3.24. The smallest absolute Gasteiger partial charge is 0.268 e. The minimum absolute atomic E-state index is 0.0662. The number of aromatic nitrogens is 2. The summed E-state index contributed by atoms with van der Waals surface area (Å²) < 4.78 is 22.9. The summed E-state index contributed by atoms with van der Waals surface area (Å²) in [7, 11) is 3.14. The van der Waals surface area contributed by atoms with Gasteiger partial charge in [-0.3, -0.25) is 0 Å². The van der Waals surface area contributed by atoms with Crippen molar-refractivity contribution in [2.24, 2.45) is 7.05 Å². The highest BCUT2D eigenvalue weighted by Gasteiger charge is 2.26. The molecule has 3 aromatic heterocycles. The first kappa shape index (κ1) is 15.3. The summed E-state index contributed by atoms with van der Waals surface area (Å²) in [4.78, 5) is 4.64. The second kappa shape index (κ2) is 5.13. The lowest BCUT2D eigenvalue weighted by Gasteiger charge is -2.11. The number of rotatable bonds is 2. The predicted octanol–water partition coefficient (Wildman–Crippen LogP) is 3.76. The quantitative estimate of drug-likeness (QED) is 0.446. The van der Waals surface area contributed by atoms with Gasteiger partial charge in [-0.05, 0) is 24.6 Å². The number of nitrogens with zero attached hydrogens (tertiary/aromatic N) is 3.